The number of unbranched alkanes of at least 4 members (excludes halogenated alkanes) is 1. The summed E-state index contributed by atoms with van der Waals surface area (Å²) in [6.45, 7) is 9.34. The van der Waals surface area contributed by atoms with Crippen molar-refractivity contribution in [3.8, 4) is 0 Å². The van der Waals surface area contributed by atoms with Crippen LogP contribution in [0.25, 0.3) is 0 Å². The van der Waals surface area contributed by atoms with Gasteiger partial charge in [-0.05, 0) is 11.8 Å². The highest BCUT2D eigenvalue weighted by Gasteiger charge is 2.17. The zero-order chi connectivity index (χ0) is 10.8. The zero-order valence-electron chi connectivity index (χ0n) is 10.8. The molecule has 0 bridgehead atoms. The molecule has 0 spiro atoms. The summed E-state index contributed by atoms with van der Waals surface area (Å²) in [5, 5.41) is 0. The lowest BCUT2D eigenvalue weighted by atomic mass is 9.80. The Labute approximate surface area is 91.5 Å². The Morgan fingerprint density at radius 3 is 1.64 bits per heavy atom. The molecule has 2 unspecified atom stereocenters. The fourth-order valence-electron chi connectivity index (χ4n) is 2.60. The third kappa shape index (κ3) is 5.67. The van der Waals surface area contributed by atoms with Crippen LogP contribution >= 0.6 is 0 Å². The van der Waals surface area contributed by atoms with Crippen molar-refractivity contribution in [3.05, 3.63) is 0 Å². The Bertz CT molecular complexity index is 107. The van der Waals surface area contributed by atoms with Gasteiger partial charge >= 0.3 is 0 Å². The lowest BCUT2D eigenvalue weighted by molar-refractivity contribution is 0.260. The lowest BCUT2D eigenvalue weighted by Crippen LogP contribution is -2.14. The van der Waals surface area contributed by atoms with Crippen molar-refractivity contribution in [2.75, 3.05) is 0 Å². The monoisotopic (exact) mass is 198 g/mol. The van der Waals surface area contributed by atoms with Crippen LogP contribution < -0.4 is 0 Å². The Balaban J connectivity index is 3.97. The summed E-state index contributed by atoms with van der Waals surface area (Å²) in [4.78, 5) is 0. The standard InChI is InChI=1S/C14H30/c1-5-9-12-14(11-7-3)13(8-4)10-6-2/h13-14H,5-12H2,1-4H3. The Morgan fingerprint density at radius 1 is 0.643 bits per heavy atom. The topological polar surface area (TPSA) is 0 Å². The van der Waals surface area contributed by atoms with Crippen LogP contribution in [0.5, 0.6) is 0 Å². The van der Waals surface area contributed by atoms with E-state index < -0.39 is 0 Å². The SMILES string of the molecule is CCCCC(CCC)C(CC)CCC. The highest BCUT2D eigenvalue weighted by Crippen LogP contribution is 2.29. The molecule has 0 aliphatic rings. The molecule has 0 saturated carbocycles. The second-order valence-electron chi connectivity index (χ2n) is 4.65. The molecule has 0 rings (SSSR count). The first-order chi connectivity index (χ1) is 6.79. The zero-order valence-corrected chi connectivity index (χ0v) is 10.8. The van der Waals surface area contributed by atoms with Crippen LogP contribution in [0.3, 0.4) is 0 Å². The summed E-state index contributed by atoms with van der Waals surface area (Å²) >= 11 is 0. The molecule has 0 aliphatic heterocycles. The van der Waals surface area contributed by atoms with E-state index in [-0.39, 0.29) is 0 Å². The van der Waals surface area contributed by atoms with E-state index in [2.05, 4.69) is 27.7 Å². The molecule has 0 aromatic carbocycles. The molecule has 0 aliphatic carbocycles. The molecular formula is C14H30. The van der Waals surface area contributed by atoms with E-state index >= 15 is 0 Å². The van der Waals surface area contributed by atoms with Crippen molar-refractivity contribution in [1.29, 1.82) is 0 Å². The van der Waals surface area contributed by atoms with Gasteiger partial charge in [-0.25, -0.2) is 0 Å². The van der Waals surface area contributed by atoms with Gasteiger partial charge < -0.3 is 0 Å². The second-order valence-corrected chi connectivity index (χ2v) is 4.65. The van der Waals surface area contributed by atoms with E-state index in [1.807, 2.05) is 0 Å². The molecule has 0 aromatic heterocycles. The fraction of sp³-hybridized carbons (Fsp3) is 1.00. The average Bonchev–Trinajstić information content (AvgIpc) is 2.21. The van der Waals surface area contributed by atoms with Gasteiger partial charge in [0.25, 0.3) is 0 Å². The summed E-state index contributed by atoms with van der Waals surface area (Å²) in [7, 11) is 0. The van der Waals surface area contributed by atoms with Crippen molar-refractivity contribution < 1.29 is 0 Å². The minimum Gasteiger partial charge on any atom is -0.0654 e. The Morgan fingerprint density at radius 2 is 1.21 bits per heavy atom. The first-order valence-electron chi connectivity index (χ1n) is 6.79. The molecule has 0 aromatic rings. The Kier molecular flexibility index (Phi) is 9.55. The predicted octanol–water partition coefficient (Wildman–Crippen LogP) is 5.42. The maximum atomic E-state index is 2.37. The van der Waals surface area contributed by atoms with Crippen molar-refractivity contribution >= 4 is 0 Å². The fourth-order valence-corrected chi connectivity index (χ4v) is 2.60. The van der Waals surface area contributed by atoms with E-state index in [4.69, 9.17) is 0 Å². The molecule has 0 nitrogen and oxygen atoms in total. The summed E-state index contributed by atoms with van der Waals surface area (Å²) in [6.07, 6.45) is 11.3. The van der Waals surface area contributed by atoms with Gasteiger partial charge in [-0.2, -0.15) is 0 Å². The first kappa shape index (κ1) is 14.0. The Hall–Kier alpha value is 0. The van der Waals surface area contributed by atoms with Crippen molar-refractivity contribution in [2.24, 2.45) is 11.8 Å². The van der Waals surface area contributed by atoms with Gasteiger partial charge in [0.2, 0.25) is 0 Å². The quantitative estimate of drug-likeness (QED) is 0.464. The summed E-state index contributed by atoms with van der Waals surface area (Å²) in [6, 6.07) is 0. The van der Waals surface area contributed by atoms with E-state index in [0.29, 0.717) is 0 Å². The van der Waals surface area contributed by atoms with E-state index in [0.717, 1.165) is 11.8 Å². The molecular weight excluding hydrogens is 168 g/mol. The smallest absolute Gasteiger partial charge is 0.0386 e. The van der Waals surface area contributed by atoms with Crippen molar-refractivity contribution in [1.82, 2.24) is 0 Å². The van der Waals surface area contributed by atoms with Crippen LogP contribution in [-0.2, 0) is 0 Å². The van der Waals surface area contributed by atoms with E-state index in [9.17, 15) is 0 Å². The van der Waals surface area contributed by atoms with Crippen LogP contribution in [-0.4, -0.2) is 0 Å². The minimum atomic E-state index is 1.01. The number of rotatable bonds is 9. The van der Waals surface area contributed by atoms with Crippen molar-refractivity contribution in [3.63, 3.8) is 0 Å². The van der Waals surface area contributed by atoms with Gasteiger partial charge in [-0.15, -0.1) is 0 Å². The highest BCUT2D eigenvalue weighted by molar-refractivity contribution is 4.68. The maximum absolute atomic E-state index is 2.37. The highest BCUT2D eigenvalue weighted by atomic mass is 14.2. The third-order valence-corrected chi connectivity index (χ3v) is 3.44. The van der Waals surface area contributed by atoms with Gasteiger partial charge in [-0.1, -0.05) is 79.1 Å². The van der Waals surface area contributed by atoms with Gasteiger partial charge in [0.15, 0.2) is 0 Å². The molecule has 0 N–H and O–H groups in total. The predicted molar refractivity (Wildman–Crippen MR) is 66.6 cm³/mol. The van der Waals surface area contributed by atoms with Gasteiger partial charge in [0, 0.05) is 0 Å². The molecule has 0 heterocycles. The molecule has 0 amide bonds. The van der Waals surface area contributed by atoms with E-state index in [1.54, 1.807) is 0 Å². The van der Waals surface area contributed by atoms with Crippen LogP contribution in [0, 0.1) is 11.8 Å². The number of hydrogen-bond acceptors (Lipinski definition) is 0. The molecule has 0 fully saturated rings. The molecule has 0 radical (unpaired) electrons. The van der Waals surface area contributed by atoms with Crippen LogP contribution in [0.2, 0.25) is 0 Å². The average molecular weight is 198 g/mol. The first-order valence-corrected chi connectivity index (χ1v) is 6.79. The molecule has 86 valence electrons. The van der Waals surface area contributed by atoms with Crippen LogP contribution in [0.1, 0.15) is 79.1 Å². The molecule has 2 atom stereocenters. The second kappa shape index (κ2) is 9.55. The lowest BCUT2D eigenvalue weighted by Gasteiger charge is -2.25. The number of hydrogen-bond donors (Lipinski definition) is 0. The summed E-state index contributed by atoms with van der Waals surface area (Å²) in [5.74, 6) is 2.02. The van der Waals surface area contributed by atoms with Crippen LogP contribution in [0.4, 0.5) is 0 Å². The molecule has 14 heavy (non-hydrogen) atoms. The molecule has 0 heteroatoms. The van der Waals surface area contributed by atoms with Gasteiger partial charge in [0.05, 0.1) is 0 Å². The van der Waals surface area contributed by atoms with Crippen LogP contribution in [0.15, 0.2) is 0 Å². The minimum absolute atomic E-state index is 1.01. The maximum Gasteiger partial charge on any atom is -0.0386 e. The normalized spacial score (nSPS) is 15.4. The van der Waals surface area contributed by atoms with Gasteiger partial charge in [-0.3, -0.25) is 0 Å². The van der Waals surface area contributed by atoms with Crippen molar-refractivity contribution in [2.45, 2.75) is 79.1 Å². The third-order valence-electron chi connectivity index (χ3n) is 3.44. The largest absolute Gasteiger partial charge is 0.0654 e. The molecule has 0 saturated heterocycles. The van der Waals surface area contributed by atoms with Gasteiger partial charge in [0.1, 0.15) is 0 Å². The summed E-state index contributed by atoms with van der Waals surface area (Å²) < 4.78 is 0. The summed E-state index contributed by atoms with van der Waals surface area (Å²) in [5.41, 5.74) is 0. The van der Waals surface area contributed by atoms with E-state index in [1.165, 1.54) is 51.4 Å².